The minimum absolute atomic E-state index is 0.0351. The topological polar surface area (TPSA) is 68.0 Å². The number of amides is 1. The molecule has 4 rings (SSSR count). The maximum absolute atomic E-state index is 12.6. The van der Waals surface area contributed by atoms with Gasteiger partial charge in [0.2, 0.25) is 5.89 Å². The standard InChI is InChI=1S/C19H12ClN3O2/c20-14-8-3-7-13(11-14)18-22-23-19(25-18)21-17(24)16-10-4-6-12-5-1-2-9-15(12)16/h1-11H,(H,21,23,24). The summed E-state index contributed by atoms with van der Waals surface area (Å²) < 4.78 is 5.52. The monoisotopic (exact) mass is 349 g/mol. The Kier molecular flexibility index (Phi) is 3.91. The lowest BCUT2D eigenvalue weighted by Crippen LogP contribution is -2.12. The molecule has 0 unspecified atom stereocenters. The van der Waals surface area contributed by atoms with Crippen molar-refractivity contribution in [2.45, 2.75) is 0 Å². The van der Waals surface area contributed by atoms with E-state index in [0.29, 0.717) is 16.1 Å². The van der Waals surface area contributed by atoms with Gasteiger partial charge in [-0.25, -0.2) is 0 Å². The number of rotatable bonds is 3. The van der Waals surface area contributed by atoms with Gasteiger partial charge in [-0.3, -0.25) is 10.1 Å². The van der Waals surface area contributed by atoms with Crippen LogP contribution in [0.4, 0.5) is 6.01 Å². The van der Waals surface area contributed by atoms with E-state index in [1.54, 1.807) is 30.3 Å². The van der Waals surface area contributed by atoms with Gasteiger partial charge >= 0.3 is 6.01 Å². The van der Waals surface area contributed by atoms with Crippen LogP contribution in [-0.4, -0.2) is 16.1 Å². The second-order valence-corrected chi connectivity index (χ2v) is 5.84. The van der Waals surface area contributed by atoms with E-state index in [1.165, 1.54) is 0 Å². The number of hydrogen-bond donors (Lipinski definition) is 1. The summed E-state index contributed by atoms with van der Waals surface area (Å²) in [5.74, 6) is -0.0196. The molecule has 0 aliphatic rings. The van der Waals surface area contributed by atoms with Crippen LogP contribution < -0.4 is 5.32 Å². The van der Waals surface area contributed by atoms with Crippen molar-refractivity contribution in [3.8, 4) is 11.5 Å². The minimum atomic E-state index is -0.307. The van der Waals surface area contributed by atoms with Crippen molar-refractivity contribution in [2.75, 3.05) is 5.32 Å². The molecule has 1 aromatic heterocycles. The number of carbonyl (C=O) groups excluding carboxylic acids is 1. The van der Waals surface area contributed by atoms with Crippen molar-refractivity contribution >= 4 is 34.3 Å². The van der Waals surface area contributed by atoms with Crippen LogP contribution in [0.3, 0.4) is 0 Å². The Morgan fingerprint density at radius 3 is 2.64 bits per heavy atom. The maximum atomic E-state index is 12.6. The molecule has 0 radical (unpaired) electrons. The van der Waals surface area contributed by atoms with E-state index in [-0.39, 0.29) is 17.8 Å². The molecule has 0 spiro atoms. The molecule has 0 saturated carbocycles. The average Bonchev–Trinajstić information content (AvgIpc) is 3.10. The van der Waals surface area contributed by atoms with Crippen LogP contribution in [0, 0.1) is 0 Å². The Hall–Kier alpha value is -3.18. The molecule has 5 nitrogen and oxygen atoms in total. The zero-order valence-corrected chi connectivity index (χ0v) is 13.7. The summed E-state index contributed by atoms with van der Waals surface area (Å²) in [5, 5.41) is 12.9. The van der Waals surface area contributed by atoms with Gasteiger partial charge in [-0.05, 0) is 35.0 Å². The Morgan fingerprint density at radius 1 is 0.960 bits per heavy atom. The molecule has 0 atom stereocenters. The average molecular weight is 350 g/mol. The zero-order valence-electron chi connectivity index (χ0n) is 12.9. The third-order valence-corrected chi connectivity index (χ3v) is 3.99. The van der Waals surface area contributed by atoms with Crippen molar-refractivity contribution in [2.24, 2.45) is 0 Å². The maximum Gasteiger partial charge on any atom is 0.322 e. The number of aromatic nitrogens is 2. The third-order valence-electron chi connectivity index (χ3n) is 3.75. The summed E-state index contributed by atoms with van der Waals surface area (Å²) >= 11 is 5.96. The number of carbonyl (C=O) groups is 1. The van der Waals surface area contributed by atoms with E-state index in [0.717, 1.165) is 10.8 Å². The Morgan fingerprint density at radius 2 is 1.76 bits per heavy atom. The number of hydrogen-bond acceptors (Lipinski definition) is 4. The highest BCUT2D eigenvalue weighted by Crippen LogP contribution is 2.24. The third kappa shape index (κ3) is 3.09. The zero-order chi connectivity index (χ0) is 17.2. The van der Waals surface area contributed by atoms with Gasteiger partial charge in [-0.2, -0.15) is 0 Å². The van der Waals surface area contributed by atoms with Crippen LogP contribution in [0.15, 0.2) is 71.1 Å². The first-order valence-corrected chi connectivity index (χ1v) is 7.97. The van der Waals surface area contributed by atoms with Crippen LogP contribution in [0.2, 0.25) is 5.02 Å². The Bertz CT molecular complexity index is 1070. The summed E-state index contributed by atoms with van der Waals surface area (Å²) in [6.07, 6.45) is 0. The second kappa shape index (κ2) is 6.37. The number of fused-ring (bicyclic) bond motifs is 1. The molecule has 3 aromatic carbocycles. The van der Waals surface area contributed by atoms with E-state index in [4.69, 9.17) is 16.0 Å². The number of benzene rings is 3. The summed E-state index contributed by atoms with van der Waals surface area (Å²) in [6.45, 7) is 0. The summed E-state index contributed by atoms with van der Waals surface area (Å²) in [6, 6.07) is 20.3. The molecule has 0 bridgehead atoms. The first-order valence-electron chi connectivity index (χ1n) is 7.59. The fraction of sp³-hybridized carbons (Fsp3) is 0. The molecule has 1 heterocycles. The highest BCUT2D eigenvalue weighted by Gasteiger charge is 2.14. The lowest BCUT2D eigenvalue weighted by atomic mass is 10.0. The molecule has 0 saturated heterocycles. The number of anilines is 1. The van der Waals surface area contributed by atoms with Crippen LogP contribution in [0.5, 0.6) is 0 Å². The summed E-state index contributed by atoms with van der Waals surface area (Å²) in [5.41, 5.74) is 1.23. The van der Waals surface area contributed by atoms with E-state index >= 15 is 0 Å². The van der Waals surface area contributed by atoms with Crippen LogP contribution in [-0.2, 0) is 0 Å². The largest absolute Gasteiger partial charge is 0.403 e. The quantitative estimate of drug-likeness (QED) is 0.577. The van der Waals surface area contributed by atoms with Crippen molar-refractivity contribution in [1.82, 2.24) is 10.2 Å². The van der Waals surface area contributed by atoms with Gasteiger partial charge in [0.15, 0.2) is 0 Å². The van der Waals surface area contributed by atoms with Gasteiger partial charge in [0, 0.05) is 16.1 Å². The smallest absolute Gasteiger partial charge is 0.322 e. The molecule has 1 amide bonds. The molecule has 0 fully saturated rings. The molecule has 6 heteroatoms. The molecule has 0 aliphatic heterocycles. The lowest BCUT2D eigenvalue weighted by Gasteiger charge is -2.05. The normalized spacial score (nSPS) is 10.8. The van der Waals surface area contributed by atoms with E-state index in [2.05, 4.69) is 15.5 Å². The Labute approximate surface area is 148 Å². The summed E-state index contributed by atoms with van der Waals surface area (Å²) in [4.78, 5) is 12.6. The first kappa shape index (κ1) is 15.4. The lowest BCUT2D eigenvalue weighted by molar-refractivity contribution is 0.102. The fourth-order valence-corrected chi connectivity index (χ4v) is 2.79. The first-order chi connectivity index (χ1) is 12.2. The number of nitrogens with zero attached hydrogens (tertiary/aromatic N) is 2. The molecule has 4 aromatic rings. The molecular weight excluding hydrogens is 338 g/mol. The molecule has 1 N–H and O–H groups in total. The molecule has 0 aliphatic carbocycles. The predicted molar refractivity (Wildman–Crippen MR) is 96.6 cm³/mol. The van der Waals surface area contributed by atoms with E-state index in [1.807, 2.05) is 36.4 Å². The minimum Gasteiger partial charge on any atom is -0.403 e. The van der Waals surface area contributed by atoms with Gasteiger partial charge in [-0.15, -0.1) is 5.10 Å². The van der Waals surface area contributed by atoms with Crippen LogP contribution in [0.1, 0.15) is 10.4 Å². The van der Waals surface area contributed by atoms with Crippen molar-refractivity contribution in [3.05, 3.63) is 77.3 Å². The van der Waals surface area contributed by atoms with Crippen molar-refractivity contribution in [1.29, 1.82) is 0 Å². The highest BCUT2D eigenvalue weighted by atomic mass is 35.5. The second-order valence-electron chi connectivity index (χ2n) is 5.40. The van der Waals surface area contributed by atoms with E-state index in [9.17, 15) is 4.79 Å². The Balaban J connectivity index is 1.61. The van der Waals surface area contributed by atoms with Gasteiger partial charge in [0.05, 0.1) is 0 Å². The molecule has 25 heavy (non-hydrogen) atoms. The van der Waals surface area contributed by atoms with Gasteiger partial charge in [0.25, 0.3) is 5.91 Å². The fourth-order valence-electron chi connectivity index (χ4n) is 2.60. The van der Waals surface area contributed by atoms with Crippen LogP contribution >= 0.6 is 11.6 Å². The van der Waals surface area contributed by atoms with Gasteiger partial charge in [0.1, 0.15) is 0 Å². The van der Waals surface area contributed by atoms with Gasteiger partial charge in [-0.1, -0.05) is 59.2 Å². The van der Waals surface area contributed by atoms with Gasteiger partial charge < -0.3 is 4.42 Å². The number of halogens is 1. The van der Waals surface area contributed by atoms with E-state index < -0.39 is 0 Å². The van der Waals surface area contributed by atoms with Crippen LogP contribution in [0.25, 0.3) is 22.2 Å². The number of nitrogens with one attached hydrogen (secondary N) is 1. The van der Waals surface area contributed by atoms with Crippen molar-refractivity contribution < 1.29 is 9.21 Å². The summed E-state index contributed by atoms with van der Waals surface area (Å²) in [7, 11) is 0. The van der Waals surface area contributed by atoms with Crippen molar-refractivity contribution in [3.63, 3.8) is 0 Å². The molecular formula is C19H12ClN3O2. The molecule has 122 valence electrons. The highest BCUT2D eigenvalue weighted by molar-refractivity contribution is 6.30. The SMILES string of the molecule is O=C(Nc1nnc(-c2cccc(Cl)c2)o1)c1cccc2ccccc12. The predicted octanol–water partition coefficient (Wildman–Crippen LogP) is 4.80.